The van der Waals surface area contributed by atoms with Crippen LogP contribution in [0.2, 0.25) is 0 Å². The van der Waals surface area contributed by atoms with Crippen LogP contribution in [0.3, 0.4) is 0 Å². The molecular formula is C39H23N7. The van der Waals surface area contributed by atoms with E-state index in [1.807, 2.05) is 48.7 Å². The van der Waals surface area contributed by atoms with Crippen molar-refractivity contribution in [2.45, 2.75) is 0 Å². The Morgan fingerprint density at radius 2 is 1.02 bits per heavy atom. The van der Waals surface area contributed by atoms with Gasteiger partial charge in [0.05, 0.1) is 16.9 Å². The van der Waals surface area contributed by atoms with Crippen LogP contribution in [0.1, 0.15) is 0 Å². The molecule has 0 saturated heterocycles. The Balaban J connectivity index is 1.31. The van der Waals surface area contributed by atoms with E-state index in [-0.39, 0.29) is 0 Å². The van der Waals surface area contributed by atoms with Gasteiger partial charge in [0.1, 0.15) is 0 Å². The van der Waals surface area contributed by atoms with Gasteiger partial charge in [0.15, 0.2) is 17.5 Å². The number of rotatable bonds is 4. The van der Waals surface area contributed by atoms with Crippen LogP contribution in [0.25, 0.3) is 88.8 Å². The zero-order valence-corrected chi connectivity index (χ0v) is 24.4. The smallest absolute Gasteiger partial charge is 0.166 e. The van der Waals surface area contributed by atoms with E-state index in [1.54, 1.807) is 24.8 Å². The van der Waals surface area contributed by atoms with E-state index in [4.69, 9.17) is 24.9 Å². The first kappa shape index (κ1) is 26.0. The van der Waals surface area contributed by atoms with E-state index < -0.39 is 0 Å². The van der Waals surface area contributed by atoms with Gasteiger partial charge in [-0.25, -0.2) is 19.9 Å². The third kappa shape index (κ3) is 4.25. The van der Waals surface area contributed by atoms with Gasteiger partial charge >= 0.3 is 0 Å². The Morgan fingerprint density at radius 3 is 1.74 bits per heavy atom. The second kappa shape index (κ2) is 10.6. The highest BCUT2D eigenvalue weighted by Crippen LogP contribution is 2.40. The maximum Gasteiger partial charge on any atom is 0.166 e. The van der Waals surface area contributed by atoms with Crippen LogP contribution in [0.15, 0.2) is 140 Å². The molecule has 5 heterocycles. The second-order valence-corrected chi connectivity index (χ2v) is 11.0. The summed E-state index contributed by atoms with van der Waals surface area (Å²) in [5.74, 6) is 1.57. The fourth-order valence-corrected chi connectivity index (χ4v) is 6.21. The third-order valence-corrected chi connectivity index (χ3v) is 8.32. The van der Waals surface area contributed by atoms with E-state index in [9.17, 15) is 0 Å². The SMILES string of the molecule is c1cncc(-c2nc(-c3cccnc3)nc(-c3cnc(-c4nc5ccccc5c5c4ccc4ccccc45)c4ccccc34)n2)c1. The molecule has 0 radical (unpaired) electrons. The molecule has 0 amide bonds. The number of pyridine rings is 4. The quantitative estimate of drug-likeness (QED) is 0.190. The summed E-state index contributed by atoms with van der Waals surface area (Å²) in [5, 5.41) is 7.66. The van der Waals surface area contributed by atoms with Crippen molar-refractivity contribution in [1.29, 1.82) is 0 Å². The number of hydrogen-bond donors (Lipinski definition) is 0. The number of benzene rings is 4. The van der Waals surface area contributed by atoms with Gasteiger partial charge in [-0.2, -0.15) is 0 Å². The lowest BCUT2D eigenvalue weighted by Crippen LogP contribution is -2.02. The fraction of sp³-hybridized carbons (Fsp3) is 0. The predicted octanol–water partition coefficient (Wildman–Crippen LogP) is 8.73. The second-order valence-electron chi connectivity index (χ2n) is 11.0. The number of hydrogen-bond acceptors (Lipinski definition) is 7. The topological polar surface area (TPSA) is 90.2 Å². The summed E-state index contributed by atoms with van der Waals surface area (Å²) in [7, 11) is 0. The standard InChI is InChI=1S/C39H23N7/c1-2-12-27-24(9-1)17-18-31-34(27)30-15-5-6-16-33(30)43-36(31)35-29-14-4-3-13-28(29)32(23-42-35)39-45-37(25-10-7-19-40-21-25)44-38(46-39)26-11-8-20-41-22-26/h1-23H. The van der Waals surface area contributed by atoms with Crippen LogP contribution in [-0.2, 0) is 0 Å². The highest BCUT2D eigenvalue weighted by Gasteiger charge is 2.20. The normalized spacial score (nSPS) is 11.5. The molecule has 7 heteroatoms. The van der Waals surface area contributed by atoms with E-state index in [0.717, 1.165) is 55.1 Å². The zero-order chi connectivity index (χ0) is 30.5. The monoisotopic (exact) mass is 589 g/mol. The molecule has 5 aromatic heterocycles. The molecule has 0 bridgehead atoms. The first-order chi connectivity index (χ1) is 22.8. The Kier molecular flexibility index (Phi) is 5.99. The highest BCUT2D eigenvalue weighted by atomic mass is 15.0. The lowest BCUT2D eigenvalue weighted by atomic mass is 9.95. The average molecular weight is 590 g/mol. The summed E-state index contributed by atoms with van der Waals surface area (Å²) < 4.78 is 0. The lowest BCUT2D eigenvalue weighted by Gasteiger charge is -2.15. The molecule has 0 unspecified atom stereocenters. The third-order valence-electron chi connectivity index (χ3n) is 8.32. The van der Waals surface area contributed by atoms with Crippen LogP contribution in [0.4, 0.5) is 0 Å². The van der Waals surface area contributed by atoms with E-state index >= 15 is 0 Å². The van der Waals surface area contributed by atoms with Gasteiger partial charge in [0.2, 0.25) is 0 Å². The van der Waals surface area contributed by atoms with Crippen molar-refractivity contribution in [2.75, 3.05) is 0 Å². The van der Waals surface area contributed by atoms with Crippen molar-refractivity contribution in [3.63, 3.8) is 0 Å². The van der Waals surface area contributed by atoms with Crippen molar-refractivity contribution >= 4 is 43.2 Å². The van der Waals surface area contributed by atoms with E-state index in [1.165, 1.54) is 16.2 Å². The van der Waals surface area contributed by atoms with Crippen molar-refractivity contribution in [3.8, 4) is 45.6 Å². The molecule has 7 nitrogen and oxygen atoms in total. The minimum absolute atomic E-state index is 0.519. The van der Waals surface area contributed by atoms with Crippen LogP contribution in [0, 0.1) is 0 Å². The molecule has 4 aromatic carbocycles. The zero-order valence-electron chi connectivity index (χ0n) is 24.4. The van der Waals surface area contributed by atoms with Crippen LogP contribution >= 0.6 is 0 Å². The molecule has 0 atom stereocenters. The molecule has 9 rings (SSSR count). The molecule has 0 spiro atoms. The Morgan fingerprint density at radius 1 is 0.391 bits per heavy atom. The number of fused-ring (bicyclic) bond motifs is 6. The minimum Gasteiger partial charge on any atom is -0.264 e. The summed E-state index contributed by atoms with van der Waals surface area (Å²) in [5.41, 5.74) is 4.96. The maximum atomic E-state index is 5.22. The average Bonchev–Trinajstić information content (AvgIpc) is 3.14. The summed E-state index contributed by atoms with van der Waals surface area (Å²) >= 11 is 0. The Bertz CT molecular complexity index is 2510. The van der Waals surface area contributed by atoms with Gasteiger partial charge in [-0.15, -0.1) is 0 Å². The summed E-state index contributed by atoms with van der Waals surface area (Å²) in [6.45, 7) is 0. The van der Waals surface area contributed by atoms with Crippen LogP contribution in [0.5, 0.6) is 0 Å². The largest absolute Gasteiger partial charge is 0.264 e. The maximum absolute atomic E-state index is 5.22. The molecule has 9 aromatic rings. The van der Waals surface area contributed by atoms with Crippen LogP contribution < -0.4 is 0 Å². The lowest BCUT2D eigenvalue weighted by molar-refractivity contribution is 1.07. The molecule has 0 N–H and O–H groups in total. The molecule has 46 heavy (non-hydrogen) atoms. The molecule has 0 fully saturated rings. The molecular weight excluding hydrogens is 566 g/mol. The summed E-state index contributed by atoms with van der Waals surface area (Å²) in [4.78, 5) is 33.6. The van der Waals surface area contributed by atoms with Gasteiger partial charge in [-0.05, 0) is 46.5 Å². The minimum atomic E-state index is 0.519. The van der Waals surface area contributed by atoms with Crippen molar-refractivity contribution < 1.29 is 0 Å². The number of para-hydroxylation sites is 1. The van der Waals surface area contributed by atoms with Crippen molar-refractivity contribution in [2.24, 2.45) is 0 Å². The Labute approximate surface area is 263 Å². The molecule has 214 valence electrons. The molecule has 0 aliphatic rings. The van der Waals surface area contributed by atoms with Gasteiger partial charge < -0.3 is 0 Å². The first-order valence-corrected chi connectivity index (χ1v) is 15.0. The molecule has 0 aliphatic carbocycles. The fourth-order valence-electron chi connectivity index (χ4n) is 6.21. The van der Waals surface area contributed by atoms with Gasteiger partial charge in [0, 0.05) is 69.2 Å². The van der Waals surface area contributed by atoms with Crippen LogP contribution in [-0.4, -0.2) is 34.9 Å². The first-order valence-electron chi connectivity index (χ1n) is 15.0. The summed E-state index contributed by atoms with van der Waals surface area (Å²) in [6.07, 6.45) is 8.84. The van der Waals surface area contributed by atoms with E-state index in [2.05, 4.69) is 76.7 Å². The number of aromatic nitrogens is 7. The van der Waals surface area contributed by atoms with Gasteiger partial charge in [0.25, 0.3) is 0 Å². The Hall–Kier alpha value is -6.47. The molecule has 0 aliphatic heterocycles. The van der Waals surface area contributed by atoms with Gasteiger partial charge in [-0.3, -0.25) is 15.0 Å². The van der Waals surface area contributed by atoms with Crippen molar-refractivity contribution in [1.82, 2.24) is 34.9 Å². The van der Waals surface area contributed by atoms with E-state index in [0.29, 0.717) is 17.5 Å². The molecule has 0 saturated carbocycles. The number of nitrogens with zero attached hydrogens (tertiary/aromatic N) is 7. The van der Waals surface area contributed by atoms with Crippen molar-refractivity contribution in [3.05, 3.63) is 140 Å². The summed E-state index contributed by atoms with van der Waals surface area (Å²) in [6, 6.07) is 37.0. The highest BCUT2D eigenvalue weighted by molar-refractivity contribution is 6.23. The van der Waals surface area contributed by atoms with Gasteiger partial charge in [-0.1, -0.05) is 78.9 Å². The predicted molar refractivity (Wildman–Crippen MR) is 183 cm³/mol.